The van der Waals surface area contributed by atoms with Crippen molar-refractivity contribution in [3.05, 3.63) is 18.2 Å². The van der Waals surface area contributed by atoms with Crippen LogP contribution in [0.2, 0.25) is 0 Å². The van der Waals surface area contributed by atoms with E-state index >= 15 is 0 Å². The van der Waals surface area contributed by atoms with Crippen LogP contribution in [0.25, 0.3) is 0 Å². The summed E-state index contributed by atoms with van der Waals surface area (Å²) in [6.45, 7) is 3.93. The lowest BCUT2D eigenvalue weighted by Gasteiger charge is -2.20. The van der Waals surface area contributed by atoms with Gasteiger partial charge in [0.05, 0.1) is 4.99 Å². The highest BCUT2D eigenvalue weighted by atomic mass is 32.1. The Balaban J connectivity index is 2.33. The van der Waals surface area contributed by atoms with Crippen molar-refractivity contribution < 1.29 is 0 Å². The molecule has 1 rings (SSSR count). The zero-order valence-corrected chi connectivity index (χ0v) is 11.0. The summed E-state index contributed by atoms with van der Waals surface area (Å²) in [7, 11) is 4.09. The van der Waals surface area contributed by atoms with Crippen LogP contribution in [0, 0.1) is 5.92 Å². The van der Waals surface area contributed by atoms with E-state index in [0.717, 1.165) is 25.3 Å². The zero-order chi connectivity index (χ0) is 12.1. The number of hydrogen-bond donors (Lipinski definition) is 1. The number of rotatable bonds is 6. The second kappa shape index (κ2) is 5.96. The van der Waals surface area contributed by atoms with Crippen LogP contribution in [-0.4, -0.2) is 39.6 Å². The number of nitrogens with two attached hydrogens (primary N) is 1. The van der Waals surface area contributed by atoms with Gasteiger partial charge in [0.1, 0.15) is 5.82 Å². The minimum absolute atomic E-state index is 0.265. The summed E-state index contributed by atoms with van der Waals surface area (Å²) in [5, 5.41) is 0. The van der Waals surface area contributed by atoms with Gasteiger partial charge in [-0.05, 0) is 7.05 Å². The molecule has 1 unspecified atom stereocenters. The smallest absolute Gasteiger partial charge is 0.109 e. The summed E-state index contributed by atoms with van der Waals surface area (Å²) in [6.07, 6.45) is 4.74. The Morgan fingerprint density at radius 1 is 1.69 bits per heavy atom. The van der Waals surface area contributed by atoms with Gasteiger partial charge in [-0.2, -0.15) is 0 Å². The first-order valence-corrected chi connectivity index (χ1v) is 5.85. The van der Waals surface area contributed by atoms with Crippen molar-refractivity contribution in [2.45, 2.75) is 13.3 Å². The lowest BCUT2D eigenvalue weighted by molar-refractivity contribution is 0.316. The summed E-state index contributed by atoms with van der Waals surface area (Å²) < 4.78 is 2.05. The summed E-state index contributed by atoms with van der Waals surface area (Å²) in [4.78, 5) is 7.11. The Bertz CT molecular complexity index is 348. The van der Waals surface area contributed by atoms with Gasteiger partial charge >= 0.3 is 0 Å². The van der Waals surface area contributed by atoms with Crippen LogP contribution in [0.5, 0.6) is 0 Å². The SMILES string of the molecule is CC(CN(C)CCc1nccn1C)C(N)=S. The first-order valence-electron chi connectivity index (χ1n) is 5.44. The van der Waals surface area contributed by atoms with Crippen LogP contribution in [-0.2, 0) is 13.5 Å². The maximum atomic E-state index is 5.59. The molecule has 1 aromatic rings. The molecule has 1 atom stereocenters. The molecule has 0 radical (unpaired) electrons. The second-order valence-electron chi connectivity index (χ2n) is 4.27. The minimum atomic E-state index is 0.265. The van der Waals surface area contributed by atoms with E-state index in [1.807, 2.05) is 24.0 Å². The molecule has 0 bridgehead atoms. The Morgan fingerprint density at radius 2 is 2.38 bits per heavy atom. The normalized spacial score (nSPS) is 13.0. The van der Waals surface area contributed by atoms with Gasteiger partial charge < -0.3 is 15.2 Å². The Morgan fingerprint density at radius 3 is 2.88 bits per heavy atom. The largest absolute Gasteiger partial charge is 0.393 e. The van der Waals surface area contributed by atoms with Crippen molar-refractivity contribution in [1.82, 2.24) is 14.5 Å². The molecule has 0 fully saturated rings. The molecular weight excluding hydrogens is 220 g/mol. The summed E-state index contributed by atoms with van der Waals surface area (Å²) in [5.74, 6) is 1.37. The summed E-state index contributed by atoms with van der Waals surface area (Å²) >= 11 is 4.96. The molecule has 0 aromatic carbocycles. The highest BCUT2D eigenvalue weighted by Crippen LogP contribution is 2.01. The number of imidazole rings is 1. The molecule has 1 aromatic heterocycles. The van der Waals surface area contributed by atoms with Gasteiger partial charge in [0.15, 0.2) is 0 Å². The molecule has 0 saturated carbocycles. The average Bonchev–Trinajstić information content (AvgIpc) is 2.61. The molecule has 0 aliphatic carbocycles. The van der Waals surface area contributed by atoms with Crippen molar-refractivity contribution in [2.75, 3.05) is 20.1 Å². The minimum Gasteiger partial charge on any atom is -0.393 e. The maximum Gasteiger partial charge on any atom is 0.109 e. The van der Waals surface area contributed by atoms with Gasteiger partial charge in [-0.15, -0.1) is 0 Å². The number of nitrogens with zero attached hydrogens (tertiary/aromatic N) is 3. The Labute approximate surface area is 102 Å². The van der Waals surface area contributed by atoms with Crippen molar-refractivity contribution in [3.8, 4) is 0 Å². The number of hydrogen-bond acceptors (Lipinski definition) is 3. The molecule has 0 spiro atoms. The van der Waals surface area contributed by atoms with E-state index in [9.17, 15) is 0 Å². The van der Waals surface area contributed by atoms with Crippen LogP contribution in [0.3, 0.4) is 0 Å². The van der Waals surface area contributed by atoms with Crippen LogP contribution in [0.15, 0.2) is 12.4 Å². The zero-order valence-electron chi connectivity index (χ0n) is 10.2. The molecule has 90 valence electrons. The predicted octanol–water partition coefficient (Wildman–Crippen LogP) is 0.817. The van der Waals surface area contributed by atoms with E-state index in [4.69, 9.17) is 18.0 Å². The Hall–Kier alpha value is -0.940. The van der Waals surface area contributed by atoms with E-state index in [-0.39, 0.29) is 5.92 Å². The van der Waals surface area contributed by atoms with Crippen molar-refractivity contribution in [2.24, 2.45) is 18.7 Å². The lowest BCUT2D eigenvalue weighted by atomic mass is 10.1. The molecule has 0 amide bonds. The third-order valence-electron chi connectivity index (χ3n) is 2.71. The number of aromatic nitrogens is 2. The van der Waals surface area contributed by atoms with Crippen molar-refractivity contribution in [3.63, 3.8) is 0 Å². The summed E-state index contributed by atoms with van der Waals surface area (Å²) in [5.41, 5.74) is 5.59. The highest BCUT2D eigenvalue weighted by Gasteiger charge is 2.09. The Kier molecular flexibility index (Phi) is 4.89. The fraction of sp³-hybridized carbons (Fsp3) is 0.636. The third kappa shape index (κ3) is 3.90. The van der Waals surface area contributed by atoms with Crippen LogP contribution in [0.1, 0.15) is 12.7 Å². The predicted molar refractivity (Wildman–Crippen MR) is 70.4 cm³/mol. The van der Waals surface area contributed by atoms with E-state index < -0.39 is 0 Å². The monoisotopic (exact) mass is 240 g/mol. The van der Waals surface area contributed by atoms with E-state index in [2.05, 4.69) is 23.9 Å². The van der Waals surface area contributed by atoms with Crippen molar-refractivity contribution >= 4 is 17.2 Å². The number of aryl methyl sites for hydroxylation is 1. The lowest BCUT2D eigenvalue weighted by Crippen LogP contribution is -2.32. The van der Waals surface area contributed by atoms with Gasteiger partial charge in [0, 0.05) is 44.9 Å². The van der Waals surface area contributed by atoms with Gasteiger partial charge in [-0.1, -0.05) is 19.1 Å². The quantitative estimate of drug-likeness (QED) is 0.748. The second-order valence-corrected chi connectivity index (χ2v) is 4.74. The van der Waals surface area contributed by atoms with Gasteiger partial charge in [0.2, 0.25) is 0 Å². The van der Waals surface area contributed by atoms with Crippen LogP contribution >= 0.6 is 12.2 Å². The van der Waals surface area contributed by atoms with E-state index in [0.29, 0.717) is 4.99 Å². The van der Waals surface area contributed by atoms with Gasteiger partial charge in [-0.3, -0.25) is 0 Å². The topological polar surface area (TPSA) is 47.1 Å². The molecule has 2 N–H and O–H groups in total. The molecule has 0 aliphatic rings. The molecular formula is C11H20N4S. The van der Waals surface area contributed by atoms with Crippen LogP contribution < -0.4 is 5.73 Å². The molecule has 16 heavy (non-hydrogen) atoms. The van der Waals surface area contributed by atoms with E-state index in [1.165, 1.54) is 0 Å². The molecule has 0 saturated heterocycles. The fourth-order valence-corrected chi connectivity index (χ4v) is 1.65. The van der Waals surface area contributed by atoms with Crippen LogP contribution in [0.4, 0.5) is 0 Å². The van der Waals surface area contributed by atoms with E-state index in [1.54, 1.807) is 0 Å². The summed E-state index contributed by atoms with van der Waals surface area (Å²) in [6, 6.07) is 0. The molecule has 1 heterocycles. The van der Waals surface area contributed by atoms with Gasteiger partial charge in [-0.25, -0.2) is 4.98 Å². The molecule has 5 heteroatoms. The number of thiocarbonyl (C=S) groups is 1. The molecule has 4 nitrogen and oxygen atoms in total. The first kappa shape index (κ1) is 13.1. The fourth-order valence-electron chi connectivity index (χ4n) is 1.58. The average molecular weight is 240 g/mol. The highest BCUT2D eigenvalue weighted by molar-refractivity contribution is 7.80. The maximum absolute atomic E-state index is 5.59. The first-order chi connectivity index (χ1) is 7.50. The number of likely N-dealkylation sites (N-methyl/N-ethyl adjacent to an activating group) is 1. The van der Waals surface area contributed by atoms with Gasteiger partial charge in [0.25, 0.3) is 0 Å². The third-order valence-corrected chi connectivity index (χ3v) is 3.11. The standard InChI is InChI=1S/C11H20N4S/c1-9(11(12)16)8-14(2)6-4-10-13-5-7-15(10)3/h5,7,9H,4,6,8H2,1-3H3,(H2,12,16). The van der Waals surface area contributed by atoms with Crippen molar-refractivity contribution in [1.29, 1.82) is 0 Å². The molecule has 0 aliphatic heterocycles.